The molecule has 2 aromatic carbocycles. The summed E-state index contributed by atoms with van der Waals surface area (Å²) in [5, 5.41) is 4.00. The van der Waals surface area contributed by atoms with Crippen LogP contribution in [0.3, 0.4) is 0 Å². The average molecular weight is 425 g/mol. The number of nitrogens with zero attached hydrogens (tertiary/aromatic N) is 3. The van der Waals surface area contributed by atoms with E-state index in [1.165, 1.54) is 11.8 Å². The Balaban J connectivity index is 1.25. The molecule has 2 heterocycles. The standard InChI is InChI=1S/C22H24N4O3S/c1-29-22(28)16-5-4-6-17(13-16)23-20(27)14-25-9-11-26(12-10-25)15-21-24-18-7-2-3-8-19(18)30-21/h2-8,13H,9-12,14-15H2,1H3,(H,23,27). The molecule has 3 aromatic rings. The van der Waals surface area contributed by atoms with E-state index in [9.17, 15) is 9.59 Å². The van der Waals surface area contributed by atoms with E-state index in [2.05, 4.69) is 21.2 Å². The lowest BCUT2D eigenvalue weighted by molar-refractivity contribution is -0.117. The summed E-state index contributed by atoms with van der Waals surface area (Å²) in [7, 11) is 1.34. The topological polar surface area (TPSA) is 74.8 Å². The van der Waals surface area contributed by atoms with Crippen LogP contribution in [0.15, 0.2) is 48.5 Å². The van der Waals surface area contributed by atoms with Gasteiger partial charge in [-0.1, -0.05) is 18.2 Å². The molecule has 0 unspecified atom stereocenters. The number of esters is 1. The fraction of sp³-hybridized carbons (Fsp3) is 0.318. The van der Waals surface area contributed by atoms with Gasteiger partial charge >= 0.3 is 5.97 Å². The Kier molecular flexibility index (Phi) is 6.37. The highest BCUT2D eigenvalue weighted by Gasteiger charge is 2.20. The minimum absolute atomic E-state index is 0.0864. The summed E-state index contributed by atoms with van der Waals surface area (Å²) < 4.78 is 5.94. The number of fused-ring (bicyclic) bond motifs is 1. The van der Waals surface area contributed by atoms with E-state index >= 15 is 0 Å². The summed E-state index contributed by atoms with van der Waals surface area (Å²) in [5.41, 5.74) is 2.07. The Morgan fingerprint density at radius 1 is 1.07 bits per heavy atom. The number of carbonyl (C=O) groups is 2. The van der Waals surface area contributed by atoms with Crippen LogP contribution in [0, 0.1) is 0 Å². The van der Waals surface area contributed by atoms with Gasteiger partial charge in [0.05, 0.1) is 36.0 Å². The van der Waals surface area contributed by atoms with Crippen molar-refractivity contribution in [1.29, 1.82) is 0 Å². The molecule has 0 atom stereocenters. The fourth-order valence-electron chi connectivity index (χ4n) is 3.53. The highest BCUT2D eigenvalue weighted by atomic mass is 32.1. The van der Waals surface area contributed by atoms with Gasteiger partial charge in [0.1, 0.15) is 5.01 Å². The lowest BCUT2D eigenvalue weighted by Crippen LogP contribution is -2.48. The molecule has 156 valence electrons. The van der Waals surface area contributed by atoms with Gasteiger partial charge in [-0.05, 0) is 30.3 Å². The van der Waals surface area contributed by atoms with Gasteiger partial charge in [0.2, 0.25) is 5.91 Å². The van der Waals surface area contributed by atoms with E-state index in [4.69, 9.17) is 9.72 Å². The van der Waals surface area contributed by atoms with Crippen LogP contribution in [0.2, 0.25) is 0 Å². The first-order valence-electron chi connectivity index (χ1n) is 9.88. The molecule has 1 aromatic heterocycles. The quantitative estimate of drug-likeness (QED) is 0.614. The summed E-state index contributed by atoms with van der Waals surface area (Å²) in [6.07, 6.45) is 0. The molecule has 7 nitrogen and oxygen atoms in total. The molecular formula is C22H24N4O3S. The van der Waals surface area contributed by atoms with E-state index in [-0.39, 0.29) is 5.91 Å². The van der Waals surface area contributed by atoms with Crippen LogP contribution in [0.1, 0.15) is 15.4 Å². The Hall–Kier alpha value is -2.81. The zero-order valence-electron chi connectivity index (χ0n) is 16.8. The first-order chi connectivity index (χ1) is 14.6. The number of aromatic nitrogens is 1. The number of hydrogen-bond donors (Lipinski definition) is 1. The minimum Gasteiger partial charge on any atom is -0.465 e. The maximum atomic E-state index is 12.4. The van der Waals surface area contributed by atoms with Crippen molar-refractivity contribution in [3.05, 3.63) is 59.1 Å². The number of ether oxygens (including phenoxy) is 1. The summed E-state index contributed by atoms with van der Waals surface area (Å²) in [4.78, 5) is 33.3. The van der Waals surface area contributed by atoms with Gasteiger partial charge in [-0.25, -0.2) is 9.78 Å². The lowest BCUT2D eigenvalue weighted by atomic mass is 10.2. The number of carbonyl (C=O) groups excluding carboxylic acids is 2. The summed E-state index contributed by atoms with van der Waals surface area (Å²) in [5.74, 6) is -0.507. The SMILES string of the molecule is COC(=O)c1cccc(NC(=O)CN2CCN(Cc3nc4ccccc4s3)CC2)c1. The maximum absolute atomic E-state index is 12.4. The molecule has 1 aliphatic rings. The number of methoxy groups -OCH3 is 1. The Labute approximate surface area is 179 Å². The van der Waals surface area contributed by atoms with Crippen LogP contribution < -0.4 is 5.32 Å². The van der Waals surface area contributed by atoms with Gasteiger partial charge in [0.25, 0.3) is 0 Å². The van der Waals surface area contributed by atoms with Gasteiger partial charge in [-0.2, -0.15) is 0 Å². The number of nitrogens with one attached hydrogen (secondary N) is 1. The number of para-hydroxylation sites is 1. The first kappa shape index (κ1) is 20.5. The second-order valence-corrected chi connectivity index (χ2v) is 8.36. The Morgan fingerprint density at radius 2 is 1.83 bits per heavy atom. The van der Waals surface area contributed by atoms with E-state index in [0.717, 1.165) is 43.2 Å². The van der Waals surface area contributed by atoms with Crippen LogP contribution in [-0.2, 0) is 16.1 Å². The molecule has 1 aliphatic heterocycles. The Morgan fingerprint density at radius 3 is 2.60 bits per heavy atom. The molecule has 0 aliphatic carbocycles. The van der Waals surface area contributed by atoms with Gasteiger partial charge in [0, 0.05) is 31.9 Å². The third kappa shape index (κ3) is 5.02. The van der Waals surface area contributed by atoms with Crippen molar-refractivity contribution in [2.24, 2.45) is 0 Å². The third-order valence-corrected chi connectivity index (χ3v) is 6.12. The van der Waals surface area contributed by atoms with Gasteiger partial charge < -0.3 is 10.1 Å². The van der Waals surface area contributed by atoms with E-state index < -0.39 is 5.97 Å². The van der Waals surface area contributed by atoms with Gasteiger partial charge in [-0.15, -0.1) is 11.3 Å². The highest BCUT2D eigenvalue weighted by Crippen LogP contribution is 2.23. The molecule has 0 saturated carbocycles. The smallest absolute Gasteiger partial charge is 0.337 e. The van der Waals surface area contributed by atoms with Crippen LogP contribution in [-0.4, -0.2) is 66.5 Å². The molecule has 30 heavy (non-hydrogen) atoms. The lowest BCUT2D eigenvalue weighted by Gasteiger charge is -2.33. The van der Waals surface area contributed by atoms with Crippen molar-refractivity contribution in [2.45, 2.75) is 6.54 Å². The van der Waals surface area contributed by atoms with Crippen LogP contribution >= 0.6 is 11.3 Å². The Bertz CT molecular complexity index is 1010. The molecule has 1 amide bonds. The fourth-order valence-corrected chi connectivity index (χ4v) is 4.54. The zero-order valence-corrected chi connectivity index (χ0v) is 17.7. The normalized spacial score (nSPS) is 15.2. The summed E-state index contributed by atoms with van der Waals surface area (Å²) >= 11 is 1.74. The van der Waals surface area contributed by atoms with Crippen LogP contribution in [0.4, 0.5) is 5.69 Å². The monoisotopic (exact) mass is 424 g/mol. The molecule has 1 fully saturated rings. The molecule has 0 spiro atoms. The van der Waals surface area contributed by atoms with Crippen LogP contribution in [0.5, 0.6) is 0 Å². The zero-order chi connectivity index (χ0) is 20.9. The molecule has 8 heteroatoms. The predicted octanol–water partition coefficient (Wildman–Crippen LogP) is 2.84. The van der Waals surface area contributed by atoms with Crippen molar-refractivity contribution < 1.29 is 14.3 Å². The van der Waals surface area contributed by atoms with Crippen molar-refractivity contribution in [3.8, 4) is 0 Å². The van der Waals surface area contributed by atoms with Gasteiger partial charge in [0.15, 0.2) is 0 Å². The third-order valence-electron chi connectivity index (χ3n) is 5.10. The van der Waals surface area contributed by atoms with E-state index in [1.54, 1.807) is 35.6 Å². The molecule has 1 N–H and O–H groups in total. The largest absolute Gasteiger partial charge is 0.465 e. The van der Waals surface area contributed by atoms with Crippen molar-refractivity contribution in [3.63, 3.8) is 0 Å². The van der Waals surface area contributed by atoms with Crippen molar-refractivity contribution in [1.82, 2.24) is 14.8 Å². The number of hydrogen-bond acceptors (Lipinski definition) is 7. The van der Waals surface area contributed by atoms with Crippen molar-refractivity contribution in [2.75, 3.05) is 45.2 Å². The summed E-state index contributed by atoms with van der Waals surface area (Å²) in [6.45, 7) is 4.65. The second kappa shape index (κ2) is 9.34. The number of benzene rings is 2. The first-order valence-corrected chi connectivity index (χ1v) is 10.7. The van der Waals surface area contributed by atoms with Crippen molar-refractivity contribution >= 4 is 39.1 Å². The molecule has 4 rings (SSSR count). The average Bonchev–Trinajstić information content (AvgIpc) is 3.17. The minimum atomic E-state index is -0.421. The number of piperazine rings is 1. The second-order valence-electron chi connectivity index (χ2n) is 7.25. The molecule has 1 saturated heterocycles. The van der Waals surface area contributed by atoms with Gasteiger partial charge in [-0.3, -0.25) is 14.6 Å². The predicted molar refractivity (Wildman–Crippen MR) is 118 cm³/mol. The van der Waals surface area contributed by atoms with E-state index in [0.29, 0.717) is 17.8 Å². The molecule has 0 bridgehead atoms. The van der Waals surface area contributed by atoms with E-state index in [1.807, 2.05) is 18.2 Å². The highest BCUT2D eigenvalue weighted by molar-refractivity contribution is 7.18. The summed E-state index contributed by atoms with van der Waals surface area (Å²) in [6, 6.07) is 15.0. The molecular weight excluding hydrogens is 400 g/mol. The number of amides is 1. The number of anilines is 1. The molecule has 0 radical (unpaired) electrons. The van der Waals surface area contributed by atoms with Crippen LogP contribution in [0.25, 0.3) is 10.2 Å². The maximum Gasteiger partial charge on any atom is 0.337 e. The number of thiazole rings is 1. The number of rotatable bonds is 6.